The Morgan fingerprint density at radius 1 is 0.974 bits per heavy atom. The molecule has 0 unspecified atom stereocenters. The zero-order valence-electron chi connectivity index (χ0n) is 27.2. The van der Waals surface area contributed by atoms with Crippen molar-refractivity contribution in [3.8, 4) is 0 Å². The van der Waals surface area contributed by atoms with E-state index >= 15 is 0 Å². The smallest absolute Gasteiger partial charge is 0.302 e. The molecular formula is C32H56BrN2O3+. The van der Waals surface area contributed by atoms with Crippen LogP contribution < -0.4 is 0 Å². The number of ether oxygens (including phenoxy) is 1. The molecule has 2 saturated heterocycles. The normalized spacial score (nSPS) is 50.2. The summed E-state index contributed by atoms with van der Waals surface area (Å²) in [5.41, 5.74) is 0.0116. The summed E-state index contributed by atoms with van der Waals surface area (Å²) in [5, 5.41) is 12.0. The number of rotatable bonds is 3. The molecule has 0 radical (unpaired) electrons. The van der Waals surface area contributed by atoms with Crippen molar-refractivity contribution in [3.05, 3.63) is 0 Å². The van der Waals surface area contributed by atoms with Crippen LogP contribution in [0.4, 0.5) is 0 Å². The Morgan fingerprint density at radius 3 is 2.37 bits per heavy atom. The Bertz CT molecular complexity index is 955. The predicted octanol–water partition coefficient (Wildman–Crippen LogP) is 5.97. The minimum absolute atomic E-state index is 0. The van der Waals surface area contributed by atoms with Crippen LogP contribution >= 0.6 is 17.0 Å². The van der Waals surface area contributed by atoms with E-state index in [1.54, 1.807) is 6.92 Å². The summed E-state index contributed by atoms with van der Waals surface area (Å²) in [5.74, 6) is 1.96. The number of likely N-dealkylation sites (tertiary alicyclic amines) is 2. The molecule has 0 spiro atoms. The monoisotopic (exact) mass is 598 g/mol. The number of esters is 1. The Balaban J connectivity index is 0.00000337. The fourth-order valence-electron chi connectivity index (χ4n) is 11.1. The van der Waals surface area contributed by atoms with E-state index < -0.39 is 13.1 Å². The number of aliphatic hydroxyl groups excluding tert-OH is 1. The molecule has 2 aliphatic heterocycles. The highest BCUT2D eigenvalue weighted by molar-refractivity contribution is 8.93. The molecule has 38 heavy (non-hydrogen) atoms. The van der Waals surface area contributed by atoms with Crippen LogP contribution in [-0.2, 0) is 9.53 Å². The maximum atomic E-state index is 12.2. The van der Waals surface area contributed by atoms with Gasteiger partial charge >= 0.3 is 5.97 Å². The van der Waals surface area contributed by atoms with Crippen LogP contribution in [0.3, 0.4) is 0 Å². The SMILES string of the molecule is Br.[2H]C([2H])([2H])[N+]1([C@H]2C[C@H]3[C@@H]4CC[C@H]5C[C@H](OC(C)=O)[C@@H](N6CCCCC6)C[C@]5(C)[C@H]4CC[C@]3(C)[C@H]2O)CCCCC1. The van der Waals surface area contributed by atoms with Crippen molar-refractivity contribution in [3.63, 3.8) is 0 Å². The van der Waals surface area contributed by atoms with Gasteiger partial charge in [-0.2, -0.15) is 0 Å². The van der Waals surface area contributed by atoms with E-state index in [0.29, 0.717) is 42.8 Å². The number of fused-ring (bicyclic) bond motifs is 5. The van der Waals surface area contributed by atoms with Crippen LogP contribution in [-0.4, -0.2) is 77.9 Å². The summed E-state index contributed by atoms with van der Waals surface area (Å²) in [6.45, 7) is 7.95. The third-order valence-electron chi connectivity index (χ3n) is 13.1. The van der Waals surface area contributed by atoms with Crippen molar-refractivity contribution in [1.82, 2.24) is 4.90 Å². The van der Waals surface area contributed by atoms with Crippen LogP contribution in [0, 0.1) is 34.5 Å². The Hall–Kier alpha value is -0.170. The second-order valence-corrected chi connectivity index (χ2v) is 14.7. The lowest BCUT2D eigenvalue weighted by atomic mass is 9.44. The van der Waals surface area contributed by atoms with E-state index in [9.17, 15) is 9.90 Å². The zero-order valence-corrected chi connectivity index (χ0v) is 25.9. The molecule has 10 atom stereocenters. The molecule has 1 N–H and O–H groups in total. The van der Waals surface area contributed by atoms with Gasteiger partial charge in [-0.1, -0.05) is 20.3 Å². The molecule has 2 heterocycles. The minimum Gasteiger partial charge on any atom is -0.461 e. The molecule has 0 aromatic heterocycles. The molecule has 6 fully saturated rings. The second kappa shape index (κ2) is 10.9. The number of carbonyl (C=O) groups excluding carboxylic acids is 1. The van der Waals surface area contributed by atoms with Gasteiger partial charge in [-0.3, -0.25) is 9.69 Å². The van der Waals surface area contributed by atoms with Gasteiger partial charge in [-0.15, -0.1) is 17.0 Å². The average molecular weight is 600 g/mol. The van der Waals surface area contributed by atoms with Crippen molar-refractivity contribution in [2.24, 2.45) is 34.5 Å². The summed E-state index contributed by atoms with van der Waals surface area (Å²) in [4.78, 5) is 14.8. The van der Waals surface area contributed by atoms with Crippen LogP contribution in [0.1, 0.15) is 108 Å². The topological polar surface area (TPSA) is 49.8 Å². The largest absolute Gasteiger partial charge is 0.461 e. The molecule has 6 aliphatic rings. The third-order valence-corrected chi connectivity index (χ3v) is 13.1. The molecule has 6 rings (SSSR count). The van der Waals surface area contributed by atoms with E-state index in [4.69, 9.17) is 8.85 Å². The summed E-state index contributed by atoms with van der Waals surface area (Å²) < 4.78 is 32.1. The van der Waals surface area contributed by atoms with E-state index in [1.165, 1.54) is 25.7 Å². The number of hydrogen-bond donors (Lipinski definition) is 1. The Labute approximate surface area is 247 Å². The van der Waals surface area contributed by atoms with Crippen LogP contribution in [0.25, 0.3) is 0 Å². The Kier molecular flexibility index (Phi) is 7.33. The molecule has 4 aliphatic carbocycles. The van der Waals surface area contributed by atoms with Crippen LogP contribution in [0.2, 0.25) is 0 Å². The van der Waals surface area contributed by atoms with Crippen molar-refractivity contribution in [1.29, 1.82) is 0 Å². The highest BCUT2D eigenvalue weighted by Gasteiger charge is 2.66. The average Bonchev–Trinajstić information content (AvgIpc) is 3.19. The third kappa shape index (κ3) is 4.73. The summed E-state index contributed by atoms with van der Waals surface area (Å²) in [6, 6.07) is 0.130. The lowest BCUT2D eigenvalue weighted by Crippen LogP contribution is -2.61. The standard InChI is InChI=1S/C32H55N2O3.BrH/c1-22(35)37-29-19-23-11-12-24-25(32(23,3)21-27(29)33-15-7-5-8-16-33)13-14-31(2)26(24)20-28(30(31)36)34(4)17-9-6-10-18-34;/h23-30,36H,5-21H2,1-4H3;1H/q+1;/t23-,24+,25-,26-,27-,28-,29-,30-,31-,32-;/m0./s1/i4D3;. The molecule has 218 valence electrons. The highest BCUT2D eigenvalue weighted by atomic mass is 79.9. The van der Waals surface area contributed by atoms with Crippen LogP contribution in [0.5, 0.6) is 0 Å². The minimum atomic E-state index is -2.07. The van der Waals surface area contributed by atoms with Gasteiger partial charge in [0.15, 0.2) is 0 Å². The van der Waals surface area contributed by atoms with Crippen molar-refractivity contribution in [2.45, 2.75) is 129 Å². The molecule has 0 amide bonds. The Morgan fingerprint density at radius 2 is 1.68 bits per heavy atom. The van der Waals surface area contributed by atoms with Gasteiger partial charge in [0, 0.05) is 24.8 Å². The summed E-state index contributed by atoms with van der Waals surface area (Å²) in [7, 11) is 0. The van der Waals surface area contributed by atoms with Crippen molar-refractivity contribution >= 4 is 23.0 Å². The lowest BCUT2D eigenvalue weighted by Gasteiger charge is -2.62. The van der Waals surface area contributed by atoms with Gasteiger partial charge in [0.25, 0.3) is 0 Å². The van der Waals surface area contributed by atoms with Gasteiger partial charge in [0.1, 0.15) is 18.2 Å². The fourth-order valence-corrected chi connectivity index (χ4v) is 11.1. The zero-order chi connectivity index (χ0) is 28.5. The molecule has 5 nitrogen and oxygen atoms in total. The van der Waals surface area contributed by atoms with E-state index in [-0.39, 0.29) is 50.4 Å². The first-order chi connectivity index (χ1) is 18.9. The van der Waals surface area contributed by atoms with E-state index in [0.717, 1.165) is 70.9 Å². The highest BCUT2D eigenvalue weighted by Crippen LogP contribution is 2.67. The molecule has 6 heteroatoms. The quantitative estimate of drug-likeness (QED) is 0.321. The molecular weight excluding hydrogens is 540 g/mol. The maximum Gasteiger partial charge on any atom is 0.302 e. The summed E-state index contributed by atoms with van der Waals surface area (Å²) in [6.07, 6.45) is 13.6. The number of halogens is 1. The van der Waals surface area contributed by atoms with E-state index in [2.05, 4.69) is 18.7 Å². The maximum absolute atomic E-state index is 12.2. The molecule has 0 aromatic carbocycles. The number of nitrogens with zero attached hydrogens (tertiary/aromatic N) is 2. The number of aliphatic hydroxyl groups is 1. The van der Waals surface area contributed by atoms with Crippen molar-refractivity contribution in [2.75, 3.05) is 33.2 Å². The van der Waals surface area contributed by atoms with E-state index in [1.807, 2.05) is 0 Å². The second-order valence-electron chi connectivity index (χ2n) is 14.7. The number of piperidine rings is 2. The van der Waals surface area contributed by atoms with Gasteiger partial charge in [-0.25, -0.2) is 0 Å². The van der Waals surface area contributed by atoms with Gasteiger partial charge < -0.3 is 14.3 Å². The fraction of sp³-hybridized carbons (Fsp3) is 0.969. The molecule has 0 bridgehead atoms. The van der Waals surface area contributed by atoms with Crippen molar-refractivity contribution < 1.29 is 23.2 Å². The molecule has 0 aromatic rings. The lowest BCUT2D eigenvalue weighted by molar-refractivity contribution is -0.940. The summed E-state index contributed by atoms with van der Waals surface area (Å²) >= 11 is 0. The number of likely N-dealkylation sites (N-methyl/N-ethyl adjacent to an activating group) is 1. The molecule has 4 saturated carbocycles. The van der Waals surface area contributed by atoms with Crippen LogP contribution in [0.15, 0.2) is 0 Å². The first-order valence-electron chi connectivity index (χ1n) is 17.4. The van der Waals surface area contributed by atoms with Gasteiger partial charge in [0.2, 0.25) is 0 Å². The number of hydrogen-bond acceptors (Lipinski definition) is 4. The van der Waals surface area contributed by atoms with Gasteiger partial charge in [-0.05, 0) is 113 Å². The predicted molar refractivity (Wildman–Crippen MR) is 157 cm³/mol. The number of carbonyl (C=O) groups is 1. The van der Waals surface area contributed by atoms with Gasteiger partial charge in [0.05, 0.1) is 24.2 Å². The first-order valence-corrected chi connectivity index (χ1v) is 15.9. The number of quaternary nitrogens is 1. The first kappa shape index (κ1) is 25.5.